The fraction of sp³-hybridized carbons (Fsp3) is 0.222. The van der Waals surface area contributed by atoms with Crippen molar-refractivity contribution in [3.05, 3.63) is 90.6 Å². The van der Waals surface area contributed by atoms with E-state index in [2.05, 4.69) is 4.99 Å². The molecule has 10 heteroatoms. The molecule has 9 nitrogen and oxygen atoms in total. The van der Waals surface area contributed by atoms with Gasteiger partial charge >= 0.3 is 11.9 Å². The van der Waals surface area contributed by atoms with Crippen molar-refractivity contribution in [2.75, 3.05) is 18.6 Å². The lowest BCUT2D eigenvalue weighted by molar-refractivity contribution is -0.139. The summed E-state index contributed by atoms with van der Waals surface area (Å²) in [4.78, 5) is 58.1. The first-order chi connectivity index (χ1) is 17.7. The molecule has 3 heterocycles. The molecule has 2 aromatic carbocycles. The summed E-state index contributed by atoms with van der Waals surface area (Å²) in [5, 5.41) is 0. The van der Waals surface area contributed by atoms with Crippen LogP contribution in [-0.2, 0) is 19.1 Å². The normalized spacial score (nSPS) is 17.8. The number of benzene rings is 2. The number of carbonyl (C=O) groups is 3. The van der Waals surface area contributed by atoms with E-state index in [1.54, 1.807) is 45.2 Å². The van der Waals surface area contributed by atoms with Gasteiger partial charge in [0.05, 0.1) is 35.2 Å². The molecule has 2 aliphatic rings. The third-order valence-corrected chi connectivity index (χ3v) is 7.28. The summed E-state index contributed by atoms with van der Waals surface area (Å²) in [6.07, 6.45) is 0. The zero-order valence-corrected chi connectivity index (χ0v) is 21.4. The van der Waals surface area contributed by atoms with Crippen molar-refractivity contribution in [3.63, 3.8) is 0 Å². The lowest BCUT2D eigenvalue weighted by Gasteiger charge is -2.24. The minimum absolute atomic E-state index is 0.153. The van der Waals surface area contributed by atoms with Crippen LogP contribution in [0.4, 0.5) is 5.69 Å². The Balaban J connectivity index is 1.77. The molecule has 0 bridgehead atoms. The van der Waals surface area contributed by atoms with Crippen molar-refractivity contribution < 1.29 is 23.9 Å². The number of rotatable bonds is 4. The molecule has 0 N–H and O–H groups in total. The molecule has 0 fully saturated rings. The van der Waals surface area contributed by atoms with Gasteiger partial charge in [-0.25, -0.2) is 9.79 Å². The molecule has 0 saturated heterocycles. The van der Waals surface area contributed by atoms with E-state index < -0.39 is 23.5 Å². The number of hydrogen-bond donors (Lipinski definition) is 0. The molecule has 5 rings (SSSR count). The van der Waals surface area contributed by atoms with Crippen LogP contribution < -0.4 is 24.5 Å². The molecule has 1 aromatic heterocycles. The van der Waals surface area contributed by atoms with Gasteiger partial charge in [0.1, 0.15) is 10.3 Å². The minimum Gasteiger partial charge on any atom is -0.463 e. The summed E-state index contributed by atoms with van der Waals surface area (Å²) in [5.41, 5.74) is 2.51. The fourth-order valence-electron chi connectivity index (χ4n) is 4.63. The number of likely N-dealkylation sites (N-methyl/N-ethyl adjacent to an activating group) is 1. The van der Waals surface area contributed by atoms with Crippen molar-refractivity contribution in [2.45, 2.75) is 26.8 Å². The van der Waals surface area contributed by atoms with Gasteiger partial charge in [-0.05, 0) is 37.6 Å². The average molecular weight is 518 g/mol. The van der Waals surface area contributed by atoms with Gasteiger partial charge in [0.15, 0.2) is 4.80 Å². The number of para-hydroxylation sites is 1. The van der Waals surface area contributed by atoms with Crippen LogP contribution in [0.5, 0.6) is 5.75 Å². The maximum absolute atomic E-state index is 14.0. The van der Waals surface area contributed by atoms with Gasteiger partial charge in [-0.2, -0.15) is 0 Å². The zero-order valence-electron chi connectivity index (χ0n) is 20.6. The quantitative estimate of drug-likeness (QED) is 0.387. The van der Waals surface area contributed by atoms with Crippen molar-refractivity contribution in [2.24, 2.45) is 4.99 Å². The molecular formula is C27H23N3O6S. The number of hydrogen-bond acceptors (Lipinski definition) is 8. The summed E-state index contributed by atoms with van der Waals surface area (Å²) < 4.78 is 12.1. The molecule has 37 heavy (non-hydrogen) atoms. The van der Waals surface area contributed by atoms with E-state index in [-0.39, 0.29) is 22.6 Å². The first-order valence-electron chi connectivity index (χ1n) is 11.6. The molecule has 0 unspecified atom stereocenters. The number of allylic oxidation sites excluding steroid dienone is 1. The maximum atomic E-state index is 14.0. The van der Waals surface area contributed by atoms with Crippen LogP contribution in [0.1, 0.15) is 37.9 Å². The van der Waals surface area contributed by atoms with E-state index in [4.69, 9.17) is 9.47 Å². The van der Waals surface area contributed by atoms with Crippen molar-refractivity contribution in [1.82, 2.24) is 4.57 Å². The molecule has 1 atom stereocenters. The Morgan fingerprint density at radius 3 is 2.46 bits per heavy atom. The summed E-state index contributed by atoms with van der Waals surface area (Å²) in [7, 11) is 1.67. The van der Waals surface area contributed by atoms with E-state index >= 15 is 0 Å². The van der Waals surface area contributed by atoms with Crippen molar-refractivity contribution in [3.8, 4) is 5.75 Å². The highest BCUT2D eigenvalue weighted by molar-refractivity contribution is 7.07. The summed E-state index contributed by atoms with van der Waals surface area (Å²) >= 11 is 1.11. The first-order valence-corrected chi connectivity index (χ1v) is 12.4. The Morgan fingerprint density at radius 1 is 1.08 bits per heavy atom. The van der Waals surface area contributed by atoms with Gasteiger partial charge in [-0.15, -0.1) is 0 Å². The van der Waals surface area contributed by atoms with Crippen LogP contribution in [0.3, 0.4) is 0 Å². The number of aromatic nitrogens is 1. The predicted molar refractivity (Wildman–Crippen MR) is 137 cm³/mol. The van der Waals surface area contributed by atoms with Crippen LogP contribution in [0.15, 0.2) is 69.6 Å². The SMILES string of the molecule is CCOC(=O)C1=C(C)N=c2sc(=C3C(=O)N(C)c4ccccc43)c(=O)n2[C@@H]1c1ccc(OC(C)=O)cc1. The summed E-state index contributed by atoms with van der Waals surface area (Å²) in [6.45, 7) is 4.85. The first kappa shape index (κ1) is 24.4. The highest BCUT2D eigenvalue weighted by Crippen LogP contribution is 2.35. The molecule has 3 aromatic rings. The van der Waals surface area contributed by atoms with Crippen LogP contribution >= 0.6 is 11.3 Å². The smallest absolute Gasteiger partial charge is 0.338 e. The Kier molecular flexibility index (Phi) is 6.12. The molecule has 0 aliphatic carbocycles. The number of anilines is 1. The monoisotopic (exact) mass is 517 g/mol. The van der Waals surface area contributed by atoms with E-state index in [9.17, 15) is 19.2 Å². The number of carbonyl (C=O) groups excluding carboxylic acids is 3. The van der Waals surface area contributed by atoms with E-state index in [1.165, 1.54) is 16.4 Å². The van der Waals surface area contributed by atoms with Crippen molar-refractivity contribution >= 4 is 40.4 Å². The van der Waals surface area contributed by atoms with Gasteiger partial charge in [-0.3, -0.25) is 19.0 Å². The highest BCUT2D eigenvalue weighted by Gasteiger charge is 2.36. The zero-order chi connectivity index (χ0) is 26.4. The second-order valence-corrected chi connectivity index (χ2v) is 9.52. The Labute approximate surface area is 215 Å². The number of ether oxygens (including phenoxy) is 2. The van der Waals surface area contributed by atoms with Gasteiger partial charge in [0, 0.05) is 19.5 Å². The molecule has 0 spiro atoms. The molecule has 2 aliphatic heterocycles. The van der Waals surface area contributed by atoms with E-state index in [0.717, 1.165) is 11.3 Å². The fourth-order valence-corrected chi connectivity index (χ4v) is 5.77. The number of fused-ring (bicyclic) bond motifs is 2. The van der Waals surface area contributed by atoms with Crippen LogP contribution in [-0.4, -0.2) is 36.1 Å². The largest absolute Gasteiger partial charge is 0.463 e. The standard InChI is InChI=1S/C27H23N3O6S/c1-5-35-26(34)20-14(2)28-27-30(22(20)16-10-12-17(13-11-16)36-15(3)31)25(33)23(37-27)21-18-8-6-7-9-19(18)29(4)24(21)32/h6-13,22H,5H2,1-4H3/t22-/m1/s1. The molecular weight excluding hydrogens is 494 g/mol. The summed E-state index contributed by atoms with van der Waals surface area (Å²) in [5.74, 6) is -0.995. The van der Waals surface area contributed by atoms with Crippen molar-refractivity contribution in [1.29, 1.82) is 0 Å². The second-order valence-electron chi connectivity index (χ2n) is 8.54. The number of thiazole rings is 1. The lowest BCUT2D eigenvalue weighted by Crippen LogP contribution is -2.40. The number of esters is 2. The van der Waals surface area contributed by atoms with Crippen LogP contribution in [0.2, 0.25) is 0 Å². The molecule has 1 amide bonds. The number of amides is 1. The molecule has 0 saturated carbocycles. The van der Waals surface area contributed by atoms with Gasteiger partial charge in [-0.1, -0.05) is 41.7 Å². The topological polar surface area (TPSA) is 107 Å². The maximum Gasteiger partial charge on any atom is 0.338 e. The van der Waals surface area contributed by atoms with E-state index in [1.807, 2.05) is 24.3 Å². The predicted octanol–water partition coefficient (Wildman–Crippen LogP) is 2.07. The second kappa shape index (κ2) is 9.29. The summed E-state index contributed by atoms with van der Waals surface area (Å²) in [6, 6.07) is 13.0. The number of nitrogens with zero attached hydrogens (tertiary/aromatic N) is 3. The minimum atomic E-state index is -0.847. The molecule has 188 valence electrons. The Morgan fingerprint density at radius 2 is 1.78 bits per heavy atom. The van der Waals surface area contributed by atoms with Gasteiger partial charge < -0.3 is 14.4 Å². The lowest BCUT2D eigenvalue weighted by atomic mass is 9.96. The highest BCUT2D eigenvalue weighted by atomic mass is 32.1. The third-order valence-electron chi connectivity index (χ3n) is 6.23. The Bertz CT molecular complexity index is 1680. The van der Waals surface area contributed by atoms with Gasteiger partial charge in [0.25, 0.3) is 11.5 Å². The third kappa shape index (κ3) is 3.99. The van der Waals surface area contributed by atoms with Gasteiger partial charge in [0.2, 0.25) is 0 Å². The van der Waals surface area contributed by atoms with E-state index in [0.29, 0.717) is 38.6 Å². The van der Waals surface area contributed by atoms with Crippen LogP contribution in [0, 0.1) is 0 Å². The average Bonchev–Trinajstić information content (AvgIpc) is 3.31. The Hall–Kier alpha value is -4.31. The molecule has 0 radical (unpaired) electrons. The van der Waals surface area contributed by atoms with Crippen LogP contribution in [0.25, 0.3) is 5.57 Å².